The SMILES string of the molecule is CCc1c(NN)ncnc1NC(C(=O)OC)C(C)C. The van der Waals surface area contributed by atoms with Crippen LogP contribution < -0.4 is 16.6 Å². The van der Waals surface area contributed by atoms with Crippen molar-refractivity contribution in [2.75, 3.05) is 17.9 Å². The Balaban J connectivity index is 3.06. The third-order valence-corrected chi connectivity index (χ3v) is 2.85. The monoisotopic (exact) mass is 267 g/mol. The first-order valence-electron chi connectivity index (χ1n) is 6.19. The number of nitrogen functional groups attached to an aromatic ring is 1. The zero-order valence-electron chi connectivity index (χ0n) is 11.7. The van der Waals surface area contributed by atoms with Crippen LogP contribution in [0.1, 0.15) is 26.3 Å². The number of ether oxygens (including phenoxy) is 1. The average Bonchev–Trinajstić information content (AvgIpc) is 2.42. The summed E-state index contributed by atoms with van der Waals surface area (Å²) in [5.41, 5.74) is 3.36. The van der Waals surface area contributed by atoms with E-state index in [1.807, 2.05) is 20.8 Å². The predicted octanol–water partition coefficient (Wildman–Crippen LogP) is 0.934. The number of methoxy groups -OCH3 is 1. The maximum Gasteiger partial charge on any atom is 0.328 e. The third-order valence-electron chi connectivity index (χ3n) is 2.85. The van der Waals surface area contributed by atoms with Crippen molar-refractivity contribution in [1.29, 1.82) is 0 Å². The Kier molecular flexibility index (Phi) is 5.50. The minimum absolute atomic E-state index is 0.0707. The molecular formula is C12H21N5O2. The van der Waals surface area contributed by atoms with Gasteiger partial charge in [-0.2, -0.15) is 0 Å². The number of hydrazine groups is 1. The van der Waals surface area contributed by atoms with Crippen LogP contribution in [0.15, 0.2) is 6.33 Å². The summed E-state index contributed by atoms with van der Waals surface area (Å²) in [6.07, 6.45) is 2.08. The summed E-state index contributed by atoms with van der Waals surface area (Å²) in [6, 6.07) is -0.462. The number of esters is 1. The molecule has 0 aliphatic rings. The molecule has 106 valence electrons. The number of hydrogen-bond acceptors (Lipinski definition) is 7. The van der Waals surface area contributed by atoms with E-state index in [9.17, 15) is 4.79 Å². The van der Waals surface area contributed by atoms with E-state index in [1.54, 1.807) is 0 Å². The molecule has 0 bridgehead atoms. The van der Waals surface area contributed by atoms with Gasteiger partial charge in [0.15, 0.2) is 0 Å². The number of carbonyl (C=O) groups is 1. The number of anilines is 2. The molecule has 0 amide bonds. The Labute approximate surface area is 112 Å². The number of rotatable bonds is 6. The lowest BCUT2D eigenvalue weighted by molar-refractivity contribution is -0.142. The van der Waals surface area contributed by atoms with E-state index in [0.717, 1.165) is 5.56 Å². The van der Waals surface area contributed by atoms with Gasteiger partial charge in [-0.3, -0.25) is 0 Å². The van der Waals surface area contributed by atoms with Gasteiger partial charge in [0.05, 0.1) is 7.11 Å². The molecule has 0 aliphatic carbocycles. The summed E-state index contributed by atoms with van der Waals surface area (Å²) in [5.74, 6) is 6.30. The molecule has 19 heavy (non-hydrogen) atoms. The van der Waals surface area contributed by atoms with Crippen LogP contribution in [0.5, 0.6) is 0 Å². The second kappa shape index (κ2) is 6.89. The molecule has 1 unspecified atom stereocenters. The molecule has 7 heteroatoms. The molecule has 7 nitrogen and oxygen atoms in total. The van der Waals surface area contributed by atoms with Gasteiger partial charge >= 0.3 is 5.97 Å². The van der Waals surface area contributed by atoms with Crippen LogP contribution in [0.25, 0.3) is 0 Å². The van der Waals surface area contributed by atoms with Gasteiger partial charge in [-0.25, -0.2) is 20.6 Å². The van der Waals surface area contributed by atoms with Crippen molar-refractivity contribution >= 4 is 17.6 Å². The van der Waals surface area contributed by atoms with Crippen molar-refractivity contribution in [1.82, 2.24) is 9.97 Å². The van der Waals surface area contributed by atoms with E-state index in [2.05, 4.69) is 20.7 Å². The molecule has 1 aromatic heterocycles. The molecular weight excluding hydrogens is 246 g/mol. The number of nitrogens with zero attached hydrogens (tertiary/aromatic N) is 2. The summed E-state index contributed by atoms with van der Waals surface area (Å²) in [6.45, 7) is 5.83. The van der Waals surface area contributed by atoms with Gasteiger partial charge in [0.1, 0.15) is 24.0 Å². The first kappa shape index (κ1) is 15.2. The maximum absolute atomic E-state index is 11.7. The second-order valence-electron chi connectivity index (χ2n) is 4.44. The van der Waals surface area contributed by atoms with Gasteiger partial charge < -0.3 is 15.5 Å². The van der Waals surface area contributed by atoms with E-state index in [1.165, 1.54) is 13.4 Å². The molecule has 1 atom stereocenters. The van der Waals surface area contributed by atoms with Crippen LogP contribution in [0.2, 0.25) is 0 Å². The Hall–Kier alpha value is -1.89. The molecule has 0 fully saturated rings. The van der Waals surface area contributed by atoms with Crippen LogP contribution in [0.4, 0.5) is 11.6 Å². The summed E-state index contributed by atoms with van der Waals surface area (Å²) in [4.78, 5) is 20.0. The lowest BCUT2D eigenvalue weighted by Gasteiger charge is -2.22. The standard InChI is InChI=1S/C12H21N5O2/c1-5-8-10(14-6-15-11(8)17-13)16-9(7(2)3)12(18)19-4/h6-7,9H,5,13H2,1-4H3,(H2,14,15,16,17). The van der Waals surface area contributed by atoms with Crippen molar-refractivity contribution in [2.24, 2.45) is 11.8 Å². The third kappa shape index (κ3) is 3.54. The van der Waals surface area contributed by atoms with Gasteiger partial charge in [0.25, 0.3) is 0 Å². The van der Waals surface area contributed by atoms with Crippen LogP contribution in [-0.4, -0.2) is 29.1 Å². The number of nitrogens with two attached hydrogens (primary N) is 1. The molecule has 1 heterocycles. The Morgan fingerprint density at radius 2 is 2.05 bits per heavy atom. The number of carbonyl (C=O) groups excluding carboxylic acids is 1. The zero-order valence-corrected chi connectivity index (χ0v) is 11.7. The summed E-state index contributed by atoms with van der Waals surface area (Å²) < 4.78 is 4.79. The Morgan fingerprint density at radius 1 is 1.42 bits per heavy atom. The number of hydrogen-bond donors (Lipinski definition) is 3. The summed E-state index contributed by atoms with van der Waals surface area (Å²) in [5, 5.41) is 3.10. The van der Waals surface area contributed by atoms with Crippen molar-refractivity contribution in [3.05, 3.63) is 11.9 Å². The fourth-order valence-electron chi connectivity index (χ4n) is 1.77. The maximum atomic E-state index is 11.7. The molecule has 4 N–H and O–H groups in total. The Morgan fingerprint density at radius 3 is 2.53 bits per heavy atom. The minimum Gasteiger partial charge on any atom is -0.467 e. The fraction of sp³-hybridized carbons (Fsp3) is 0.583. The highest BCUT2D eigenvalue weighted by Gasteiger charge is 2.24. The normalized spacial score (nSPS) is 12.1. The first-order chi connectivity index (χ1) is 9.04. The lowest BCUT2D eigenvalue weighted by Crippen LogP contribution is -2.36. The van der Waals surface area contributed by atoms with Gasteiger partial charge in [-0.05, 0) is 12.3 Å². The largest absolute Gasteiger partial charge is 0.467 e. The average molecular weight is 267 g/mol. The van der Waals surface area contributed by atoms with Crippen LogP contribution in [-0.2, 0) is 16.0 Å². The fourth-order valence-corrected chi connectivity index (χ4v) is 1.77. The van der Waals surface area contributed by atoms with Gasteiger partial charge in [-0.15, -0.1) is 0 Å². The van der Waals surface area contributed by atoms with E-state index >= 15 is 0 Å². The molecule has 0 saturated heterocycles. The van der Waals surface area contributed by atoms with Crippen LogP contribution >= 0.6 is 0 Å². The van der Waals surface area contributed by atoms with Crippen molar-refractivity contribution in [3.63, 3.8) is 0 Å². The molecule has 0 radical (unpaired) electrons. The van der Waals surface area contributed by atoms with E-state index in [0.29, 0.717) is 18.1 Å². The highest BCUT2D eigenvalue weighted by molar-refractivity contribution is 5.79. The smallest absolute Gasteiger partial charge is 0.328 e. The van der Waals surface area contributed by atoms with E-state index in [-0.39, 0.29) is 11.9 Å². The van der Waals surface area contributed by atoms with Gasteiger partial charge in [0, 0.05) is 5.56 Å². The first-order valence-corrected chi connectivity index (χ1v) is 6.19. The highest BCUT2D eigenvalue weighted by Crippen LogP contribution is 2.21. The van der Waals surface area contributed by atoms with Crippen LogP contribution in [0.3, 0.4) is 0 Å². The molecule has 0 saturated carbocycles. The molecule has 1 rings (SSSR count). The topological polar surface area (TPSA) is 102 Å². The zero-order chi connectivity index (χ0) is 14.4. The van der Waals surface area contributed by atoms with Gasteiger partial charge in [0.2, 0.25) is 0 Å². The quantitative estimate of drug-likeness (QED) is 0.400. The molecule has 0 aliphatic heterocycles. The van der Waals surface area contributed by atoms with Crippen molar-refractivity contribution < 1.29 is 9.53 Å². The van der Waals surface area contributed by atoms with E-state index < -0.39 is 6.04 Å². The molecule has 0 spiro atoms. The lowest BCUT2D eigenvalue weighted by atomic mass is 10.0. The summed E-state index contributed by atoms with van der Waals surface area (Å²) >= 11 is 0. The molecule has 0 aromatic carbocycles. The highest BCUT2D eigenvalue weighted by atomic mass is 16.5. The van der Waals surface area contributed by atoms with Crippen LogP contribution in [0, 0.1) is 5.92 Å². The van der Waals surface area contributed by atoms with Gasteiger partial charge in [-0.1, -0.05) is 20.8 Å². The van der Waals surface area contributed by atoms with Crippen molar-refractivity contribution in [2.45, 2.75) is 33.2 Å². The number of aromatic nitrogens is 2. The second-order valence-corrected chi connectivity index (χ2v) is 4.44. The predicted molar refractivity (Wildman–Crippen MR) is 73.5 cm³/mol. The summed E-state index contributed by atoms with van der Waals surface area (Å²) in [7, 11) is 1.37. The Bertz CT molecular complexity index is 436. The minimum atomic E-state index is -0.462. The van der Waals surface area contributed by atoms with Crippen molar-refractivity contribution in [3.8, 4) is 0 Å². The molecule has 1 aromatic rings. The number of nitrogens with one attached hydrogen (secondary N) is 2. The van der Waals surface area contributed by atoms with E-state index in [4.69, 9.17) is 10.6 Å².